The molecule has 0 bridgehead atoms. The van der Waals surface area contributed by atoms with Crippen LogP contribution in [0.15, 0.2) is 0 Å². The molecule has 5 rings (SSSR count). The second-order valence-corrected chi connectivity index (χ2v) is 12.4. The van der Waals surface area contributed by atoms with E-state index in [0.29, 0.717) is 41.8 Å². The largest absolute Gasteiger partial charge is 0.368 e. The maximum absolute atomic E-state index is 11.6. The first-order valence-electron chi connectivity index (χ1n) is 13.6. The van der Waals surface area contributed by atoms with Gasteiger partial charge in [-0.2, -0.15) is 5.26 Å². The van der Waals surface area contributed by atoms with Crippen molar-refractivity contribution < 1.29 is 4.79 Å². The van der Waals surface area contributed by atoms with E-state index in [1.54, 1.807) is 0 Å². The molecule has 1 amide bonds. The monoisotopic (exact) mass is 456 g/mol. The third-order valence-electron chi connectivity index (χ3n) is 10.4. The van der Waals surface area contributed by atoms with E-state index in [-0.39, 0.29) is 17.4 Å². The van der Waals surface area contributed by atoms with Crippen molar-refractivity contribution in [3.63, 3.8) is 0 Å². The van der Waals surface area contributed by atoms with Crippen molar-refractivity contribution in [2.75, 3.05) is 13.1 Å². The van der Waals surface area contributed by atoms with Gasteiger partial charge in [-0.3, -0.25) is 15.6 Å². The minimum atomic E-state index is -0.202. The number of nitrogens with zero attached hydrogens (tertiary/aromatic N) is 1. The molecular formula is C26H44N6O. The van der Waals surface area contributed by atoms with Crippen molar-refractivity contribution in [1.29, 1.82) is 5.26 Å². The molecule has 6 N–H and O–H groups in total. The van der Waals surface area contributed by atoms with Crippen LogP contribution >= 0.6 is 0 Å². The number of hydrazine groups is 1. The lowest BCUT2D eigenvalue weighted by Gasteiger charge is -2.50. The Kier molecular flexibility index (Phi) is 6.74. The number of rotatable bonds is 4. The van der Waals surface area contributed by atoms with Gasteiger partial charge < -0.3 is 16.4 Å². The summed E-state index contributed by atoms with van der Waals surface area (Å²) in [6.45, 7) is 6.25. The Hall–Kier alpha value is -1.20. The molecule has 184 valence electrons. The van der Waals surface area contributed by atoms with Gasteiger partial charge in [0.05, 0.1) is 17.5 Å². The highest BCUT2D eigenvalue weighted by molar-refractivity contribution is 5.79. The van der Waals surface area contributed by atoms with Crippen LogP contribution in [-0.2, 0) is 4.79 Å². The van der Waals surface area contributed by atoms with Crippen LogP contribution in [0.3, 0.4) is 0 Å². The van der Waals surface area contributed by atoms with Crippen LogP contribution in [0.5, 0.6) is 0 Å². The maximum Gasteiger partial charge on any atom is 0.234 e. The smallest absolute Gasteiger partial charge is 0.234 e. The first-order valence-corrected chi connectivity index (χ1v) is 13.6. The van der Waals surface area contributed by atoms with Gasteiger partial charge in [0.2, 0.25) is 5.91 Å². The first-order chi connectivity index (χ1) is 15.9. The molecular weight excluding hydrogens is 412 g/mol. The third kappa shape index (κ3) is 4.57. The molecule has 0 aromatic carbocycles. The Labute approximate surface area is 199 Å². The number of hydrogen-bond acceptors (Lipinski definition) is 6. The molecule has 3 heterocycles. The maximum atomic E-state index is 11.6. The van der Waals surface area contributed by atoms with E-state index in [1.165, 1.54) is 44.9 Å². The second-order valence-electron chi connectivity index (χ2n) is 12.4. The average molecular weight is 457 g/mol. The lowest BCUT2D eigenvalue weighted by molar-refractivity contribution is -0.120. The molecule has 5 fully saturated rings. The van der Waals surface area contributed by atoms with Gasteiger partial charge in [-0.25, -0.2) is 0 Å². The van der Waals surface area contributed by atoms with Gasteiger partial charge in [0.25, 0.3) is 0 Å². The van der Waals surface area contributed by atoms with Crippen LogP contribution in [0, 0.1) is 52.3 Å². The lowest BCUT2D eigenvalue weighted by atomic mass is 9.60. The fraction of sp³-hybridized carbons (Fsp3) is 0.923. The summed E-state index contributed by atoms with van der Waals surface area (Å²) in [5, 5.41) is 16.9. The number of carbonyl (C=O) groups is 1. The summed E-state index contributed by atoms with van der Waals surface area (Å²) in [5.74, 6) is 3.89. The van der Waals surface area contributed by atoms with E-state index < -0.39 is 0 Å². The highest BCUT2D eigenvalue weighted by Gasteiger charge is 2.52. The lowest BCUT2D eigenvalue weighted by Crippen LogP contribution is -2.59. The molecule has 33 heavy (non-hydrogen) atoms. The van der Waals surface area contributed by atoms with Crippen molar-refractivity contribution in [3.8, 4) is 6.07 Å². The van der Waals surface area contributed by atoms with E-state index in [2.05, 4.69) is 41.4 Å². The molecule has 3 aliphatic heterocycles. The fourth-order valence-electron chi connectivity index (χ4n) is 8.27. The molecule has 0 spiro atoms. The fourth-order valence-corrected chi connectivity index (χ4v) is 8.27. The number of nitrogens with one attached hydrogen (secondary N) is 4. The van der Waals surface area contributed by atoms with Gasteiger partial charge in [-0.05, 0) is 114 Å². The predicted octanol–water partition coefficient (Wildman–Crippen LogP) is 2.05. The molecule has 0 aromatic rings. The van der Waals surface area contributed by atoms with E-state index in [1.807, 2.05) is 0 Å². The van der Waals surface area contributed by atoms with Gasteiger partial charge in [-0.15, -0.1) is 0 Å². The number of piperidine rings is 2. The summed E-state index contributed by atoms with van der Waals surface area (Å²) in [5.41, 5.74) is 12.8. The average Bonchev–Trinajstić information content (AvgIpc) is 3.28. The van der Waals surface area contributed by atoms with Gasteiger partial charge in [0.15, 0.2) is 0 Å². The first kappa shape index (κ1) is 23.5. The molecule has 3 saturated heterocycles. The molecule has 7 nitrogen and oxygen atoms in total. The van der Waals surface area contributed by atoms with E-state index >= 15 is 0 Å². The number of primary amides is 1. The van der Waals surface area contributed by atoms with Gasteiger partial charge in [-0.1, -0.05) is 0 Å². The van der Waals surface area contributed by atoms with Crippen molar-refractivity contribution >= 4 is 5.91 Å². The standard InChI is InChI=1S/C26H44N6O/c1-26(2,14-27)18-7-3-15(4-8-18)24-23-19-11-16(17-6-10-21(25(28)33)29-12-17)5-9-20(19)30-13-22(23)31-32-24/h15-24,29-32H,3-13H2,1-2H3,(H2,28,33). The van der Waals surface area contributed by atoms with Crippen LogP contribution in [0.2, 0.25) is 0 Å². The molecule has 5 aliphatic rings. The van der Waals surface area contributed by atoms with Crippen molar-refractivity contribution in [2.24, 2.45) is 46.7 Å². The van der Waals surface area contributed by atoms with E-state index in [9.17, 15) is 10.1 Å². The molecule has 0 aromatic heterocycles. The van der Waals surface area contributed by atoms with Gasteiger partial charge in [0.1, 0.15) is 0 Å². The normalized spacial score (nSPS) is 46.1. The highest BCUT2D eigenvalue weighted by atomic mass is 16.1. The number of amides is 1. The van der Waals surface area contributed by atoms with Crippen molar-refractivity contribution in [3.05, 3.63) is 0 Å². The Morgan fingerprint density at radius 1 is 0.879 bits per heavy atom. The topological polar surface area (TPSA) is 115 Å². The highest BCUT2D eigenvalue weighted by Crippen LogP contribution is 2.48. The number of hydrogen-bond donors (Lipinski definition) is 5. The number of nitriles is 1. The van der Waals surface area contributed by atoms with Crippen LogP contribution in [0.25, 0.3) is 0 Å². The van der Waals surface area contributed by atoms with Crippen LogP contribution < -0.4 is 27.2 Å². The molecule has 8 atom stereocenters. The van der Waals surface area contributed by atoms with Crippen molar-refractivity contribution in [1.82, 2.24) is 21.5 Å². The van der Waals surface area contributed by atoms with Gasteiger partial charge in [0, 0.05) is 24.7 Å². The SMILES string of the molecule is CC(C)(C#N)C1CCC(C2NNC3CNC4CCC(C5CCC(C(N)=O)NC5)CC4C32)CC1. The second kappa shape index (κ2) is 9.45. The molecule has 8 unspecified atom stereocenters. The zero-order chi connectivity index (χ0) is 23.2. The Morgan fingerprint density at radius 3 is 2.27 bits per heavy atom. The third-order valence-corrected chi connectivity index (χ3v) is 10.4. The predicted molar refractivity (Wildman–Crippen MR) is 129 cm³/mol. The Balaban J connectivity index is 1.23. The minimum Gasteiger partial charge on any atom is -0.368 e. The summed E-state index contributed by atoms with van der Waals surface area (Å²) >= 11 is 0. The summed E-state index contributed by atoms with van der Waals surface area (Å²) in [7, 11) is 0. The Bertz CT molecular complexity index is 748. The molecule has 2 saturated carbocycles. The van der Waals surface area contributed by atoms with E-state index in [4.69, 9.17) is 5.73 Å². The van der Waals surface area contributed by atoms with Crippen LogP contribution in [-0.4, -0.2) is 43.2 Å². The van der Waals surface area contributed by atoms with Gasteiger partial charge >= 0.3 is 0 Å². The number of carbonyl (C=O) groups excluding carboxylic acids is 1. The summed E-state index contributed by atoms with van der Waals surface area (Å²) in [6.07, 6.45) is 10.8. The van der Waals surface area contributed by atoms with Crippen LogP contribution in [0.1, 0.15) is 71.6 Å². The quantitative estimate of drug-likeness (QED) is 0.442. The summed E-state index contributed by atoms with van der Waals surface area (Å²) in [4.78, 5) is 11.6. The van der Waals surface area contributed by atoms with E-state index in [0.717, 1.165) is 37.8 Å². The Morgan fingerprint density at radius 2 is 1.61 bits per heavy atom. The minimum absolute atomic E-state index is 0.132. The summed E-state index contributed by atoms with van der Waals surface area (Å²) in [6, 6.07) is 4.15. The van der Waals surface area contributed by atoms with Crippen molar-refractivity contribution in [2.45, 2.75) is 95.8 Å². The molecule has 2 aliphatic carbocycles. The van der Waals surface area contributed by atoms with Crippen LogP contribution in [0.4, 0.5) is 0 Å². The zero-order valence-corrected chi connectivity index (χ0v) is 20.5. The number of nitrogens with two attached hydrogens (primary N) is 1. The molecule has 0 radical (unpaired) electrons. The number of fused-ring (bicyclic) bond motifs is 3. The zero-order valence-electron chi connectivity index (χ0n) is 20.5. The summed E-state index contributed by atoms with van der Waals surface area (Å²) < 4.78 is 0. The molecule has 7 heteroatoms.